The van der Waals surface area contributed by atoms with Gasteiger partial charge in [0.2, 0.25) is 0 Å². The molecule has 1 spiro atoms. The minimum absolute atomic E-state index is 0.668. The smallest absolute Gasteiger partial charge is 0.159 e. The lowest BCUT2D eigenvalue weighted by molar-refractivity contribution is 0.748. The Hall–Kier alpha value is -9.90. The van der Waals surface area contributed by atoms with Gasteiger partial charge >= 0.3 is 0 Å². The van der Waals surface area contributed by atoms with Crippen LogP contribution in [0.2, 0.25) is 0 Å². The van der Waals surface area contributed by atoms with Gasteiger partial charge in [-0.2, -0.15) is 0 Å². The average Bonchev–Trinajstić information content (AvgIpc) is 3.39. The van der Waals surface area contributed by atoms with Gasteiger partial charge in [0.15, 0.2) is 11.6 Å². The number of aromatic nitrogens is 4. The summed E-state index contributed by atoms with van der Waals surface area (Å²) in [7, 11) is 0. The standard InChI is InChI=1S/C73H46N4/c1-5-19-51(20-6-1)71(52-21-7-2-8-22-52)65-43-49(69-74-37-17-38-75-69)33-35-57(65)59-45-63-47(41-67(59)71)31-32-48-42-68-60(46-64(48)73(63)61-29-15-13-27-55(61)56-28-14-16-30-62(56)73)58-36-34-50(70-76-39-18-40-77-70)44-66(58)72(68,53-23-9-3-10-24-53)54-25-11-4-12-26-54/h1-46H. The van der Waals surface area contributed by atoms with Crippen molar-refractivity contribution in [1.29, 1.82) is 0 Å². The van der Waals surface area contributed by atoms with Crippen molar-refractivity contribution in [1.82, 2.24) is 19.9 Å². The molecule has 0 unspecified atom stereocenters. The Bertz CT molecular complexity index is 4000. The van der Waals surface area contributed by atoms with Crippen LogP contribution in [-0.2, 0) is 16.2 Å². The molecule has 0 fully saturated rings. The normalized spacial score (nSPS) is 14.8. The third-order valence-electron chi connectivity index (χ3n) is 17.3. The Balaban J connectivity index is 1.04. The van der Waals surface area contributed by atoms with E-state index in [9.17, 15) is 0 Å². The van der Waals surface area contributed by atoms with E-state index in [1.165, 1.54) is 111 Å². The van der Waals surface area contributed by atoms with Gasteiger partial charge < -0.3 is 0 Å². The van der Waals surface area contributed by atoms with Gasteiger partial charge in [0, 0.05) is 35.9 Å². The van der Waals surface area contributed by atoms with Gasteiger partial charge in [-0.25, -0.2) is 19.9 Å². The van der Waals surface area contributed by atoms with E-state index >= 15 is 0 Å². The molecular weight excluding hydrogens is 933 g/mol. The van der Waals surface area contributed by atoms with Gasteiger partial charge in [0.1, 0.15) is 0 Å². The highest BCUT2D eigenvalue weighted by Gasteiger charge is 2.54. The molecule has 0 bridgehead atoms. The number of fused-ring (bicyclic) bond motifs is 15. The van der Waals surface area contributed by atoms with Gasteiger partial charge in [0.25, 0.3) is 0 Å². The van der Waals surface area contributed by atoms with Crippen LogP contribution in [0, 0.1) is 0 Å². The van der Waals surface area contributed by atoms with Crippen LogP contribution in [0.25, 0.3) is 68.3 Å². The summed E-state index contributed by atoms with van der Waals surface area (Å²) in [6.45, 7) is 0. The fourth-order valence-corrected chi connectivity index (χ4v) is 14.3. The van der Waals surface area contributed by atoms with Gasteiger partial charge in [-0.1, -0.05) is 206 Å². The van der Waals surface area contributed by atoms with E-state index in [2.05, 4.69) is 243 Å². The van der Waals surface area contributed by atoms with Crippen LogP contribution in [0.5, 0.6) is 0 Å². The molecule has 0 saturated heterocycles. The monoisotopic (exact) mass is 978 g/mol. The Morgan fingerprint density at radius 3 is 0.922 bits per heavy atom. The van der Waals surface area contributed by atoms with Gasteiger partial charge in [-0.3, -0.25) is 0 Å². The molecule has 12 aromatic rings. The van der Waals surface area contributed by atoms with Gasteiger partial charge in [0.05, 0.1) is 16.2 Å². The SMILES string of the molecule is C1=Cc2cc3c(cc2C2(c4cc5c(cc41)C(c1ccccc1)(c1ccccc1)c1cc(-c4ncccn4)ccc1-5)c1ccccc1-c1ccccc12)-c1ccc(-c2ncccn2)cc1C3(c1ccccc1)c1ccccc1. The Kier molecular flexibility index (Phi) is 9.35. The predicted octanol–water partition coefficient (Wildman–Crippen LogP) is 16.2. The molecule has 0 radical (unpaired) electrons. The second-order valence-electron chi connectivity index (χ2n) is 20.8. The highest BCUT2D eigenvalue weighted by molar-refractivity contribution is 5.98. The van der Waals surface area contributed by atoms with Crippen molar-refractivity contribution in [2.24, 2.45) is 0 Å². The molecule has 4 heteroatoms. The zero-order valence-electron chi connectivity index (χ0n) is 41.8. The molecule has 0 N–H and O–H groups in total. The minimum atomic E-state index is -0.725. The zero-order valence-corrected chi connectivity index (χ0v) is 41.8. The molecule has 0 atom stereocenters. The van der Waals surface area contributed by atoms with E-state index in [-0.39, 0.29) is 0 Å². The average molecular weight is 979 g/mol. The first-order chi connectivity index (χ1) is 38.2. The largest absolute Gasteiger partial charge is 0.237 e. The molecule has 4 aliphatic carbocycles. The first kappa shape index (κ1) is 43.5. The van der Waals surface area contributed by atoms with E-state index in [4.69, 9.17) is 19.9 Å². The lowest BCUT2D eigenvalue weighted by Gasteiger charge is -2.38. The van der Waals surface area contributed by atoms with Gasteiger partial charge in [-0.15, -0.1) is 0 Å². The van der Waals surface area contributed by atoms with Crippen molar-refractivity contribution >= 4 is 12.2 Å². The van der Waals surface area contributed by atoms with Gasteiger partial charge in [-0.05, 0) is 160 Å². The van der Waals surface area contributed by atoms with Crippen LogP contribution < -0.4 is 0 Å². The minimum Gasteiger partial charge on any atom is -0.237 e. The number of rotatable bonds is 6. The van der Waals surface area contributed by atoms with Crippen molar-refractivity contribution in [3.8, 4) is 56.2 Å². The van der Waals surface area contributed by atoms with Crippen LogP contribution in [0.1, 0.15) is 77.9 Å². The van der Waals surface area contributed by atoms with E-state index in [0.717, 1.165) is 11.1 Å². The molecule has 0 aliphatic heterocycles. The third kappa shape index (κ3) is 5.87. The Labute approximate surface area is 447 Å². The lowest BCUT2D eigenvalue weighted by atomic mass is 9.63. The summed E-state index contributed by atoms with van der Waals surface area (Å²) in [5, 5.41) is 0. The lowest BCUT2D eigenvalue weighted by Crippen LogP contribution is -2.32. The summed E-state index contributed by atoms with van der Waals surface area (Å²) in [6, 6.07) is 90.6. The summed E-state index contributed by atoms with van der Waals surface area (Å²) in [4.78, 5) is 19.1. The maximum atomic E-state index is 4.78. The van der Waals surface area contributed by atoms with Crippen LogP contribution in [0.4, 0.5) is 0 Å². The molecule has 4 aliphatic rings. The van der Waals surface area contributed by atoms with Crippen molar-refractivity contribution in [3.05, 3.63) is 345 Å². The topological polar surface area (TPSA) is 51.6 Å². The van der Waals surface area contributed by atoms with Crippen LogP contribution in [-0.4, -0.2) is 19.9 Å². The summed E-state index contributed by atoms with van der Waals surface area (Å²) >= 11 is 0. The number of hydrogen-bond donors (Lipinski definition) is 0. The third-order valence-corrected chi connectivity index (χ3v) is 17.3. The highest BCUT2D eigenvalue weighted by Crippen LogP contribution is 2.65. The number of benzene rings is 10. The molecule has 0 saturated carbocycles. The van der Waals surface area contributed by atoms with Crippen LogP contribution >= 0.6 is 0 Å². The molecular formula is C73H46N4. The number of nitrogens with zero attached hydrogens (tertiary/aromatic N) is 4. The molecule has 77 heavy (non-hydrogen) atoms. The quantitative estimate of drug-likeness (QED) is 0.167. The summed E-state index contributed by atoms with van der Waals surface area (Å²) in [6.07, 6.45) is 12.2. The summed E-state index contributed by atoms with van der Waals surface area (Å²) in [5.41, 5.74) is 24.5. The van der Waals surface area contributed by atoms with Crippen molar-refractivity contribution in [2.75, 3.05) is 0 Å². The first-order valence-electron chi connectivity index (χ1n) is 26.5. The highest BCUT2D eigenvalue weighted by atomic mass is 14.9. The maximum absolute atomic E-state index is 4.78. The maximum Gasteiger partial charge on any atom is 0.159 e. The second-order valence-corrected chi connectivity index (χ2v) is 20.8. The fourth-order valence-electron chi connectivity index (χ4n) is 14.3. The predicted molar refractivity (Wildman–Crippen MR) is 309 cm³/mol. The zero-order chi connectivity index (χ0) is 50.7. The van der Waals surface area contributed by atoms with E-state index in [0.29, 0.717) is 11.6 Å². The van der Waals surface area contributed by atoms with Crippen LogP contribution in [0.15, 0.2) is 267 Å². The Morgan fingerprint density at radius 1 is 0.221 bits per heavy atom. The fraction of sp³-hybridized carbons (Fsp3) is 0.0411. The molecule has 16 rings (SSSR count). The van der Waals surface area contributed by atoms with E-state index < -0.39 is 16.2 Å². The number of hydrogen-bond acceptors (Lipinski definition) is 4. The van der Waals surface area contributed by atoms with Crippen molar-refractivity contribution < 1.29 is 0 Å². The van der Waals surface area contributed by atoms with Crippen molar-refractivity contribution in [3.63, 3.8) is 0 Å². The molecule has 0 amide bonds. The van der Waals surface area contributed by atoms with E-state index in [1.54, 1.807) is 0 Å². The second kappa shape index (κ2) is 16.6. The Morgan fingerprint density at radius 2 is 0.545 bits per heavy atom. The van der Waals surface area contributed by atoms with Crippen molar-refractivity contribution in [2.45, 2.75) is 16.2 Å². The molecule has 2 heterocycles. The van der Waals surface area contributed by atoms with E-state index in [1.807, 2.05) is 36.9 Å². The van der Waals surface area contributed by atoms with Crippen LogP contribution in [0.3, 0.4) is 0 Å². The summed E-state index contributed by atoms with van der Waals surface area (Å²) in [5.74, 6) is 1.41. The first-order valence-corrected chi connectivity index (χ1v) is 26.5. The molecule has 10 aromatic carbocycles. The molecule has 2 aromatic heterocycles. The summed E-state index contributed by atoms with van der Waals surface area (Å²) < 4.78 is 0. The molecule has 4 nitrogen and oxygen atoms in total. The molecule has 358 valence electrons.